The van der Waals surface area contributed by atoms with Gasteiger partial charge in [-0.05, 0) is 25.8 Å². The van der Waals surface area contributed by atoms with E-state index in [1.165, 1.54) is 0 Å². The van der Waals surface area contributed by atoms with Gasteiger partial charge < -0.3 is 5.32 Å². The molecule has 1 aromatic heterocycles. The second-order valence-electron chi connectivity index (χ2n) is 5.00. The Morgan fingerprint density at radius 3 is 2.84 bits per heavy atom. The molecule has 1 aromatic rings. The van der Waals surface area contributed by atoms with Crippen molar-refractivity contribution >= 4 is 10.0 Å². The smallest absolute Gasteiger partial charge is 0.258 e. The van der Waals surface area contributed by atoms with E-state index in [-0.39, 0.29) is 11.1 Å². The molecular formula is C12H22N4O2S. The van der Waals surface area contributed by atoms with Gasteiger partial charge in [0.1, 0.15) is 0 Å². The van der Waals surface area contributed by atoms with Gasteiger partial charge in [0.05, 0.1) is 6.20 Å². The van der Waals surface area contributed by atoms with Gasteiger partial charge in [-0.15, -0.1) is 0 Å². The highest BCUT2D eigenvalue weighted by atomic mass is 32.2. The molecule has 0 bridgehead atoms. The van der Waals surface area contributed by atoms with E-state index in [2.05, 4.69) is 27.2 Å². The van der Waals surface area contributed by atoms with Crippen molar-refractivity contribution in [2.45, 2.75) is 56.6 Å². The largest absolute Gasteiger partial charge is 0.313 e. The Bertz CT molecular complexity index is 492. The van der Waals surface area contributed by atoms with Gasteiger partial charge in [0.25, 0.3) is 10.0 Å². The number of aromatic amines is 1. The number of hydrogen-bond donors (Lipinski definition) is 3. The minimum Gasteiger partial charge on any atom is -0.313 e. The summed E-state index contributed by atoms with van der Waals surface area (Å²) in [4.78, 5) is 0. The Kier molecular flexibility index (Phi) is 4.95. The summed E-state index contributed by atoms with van der Waals surface area (Å²) < 4.78 is 27.3. The first-order chi connectivity index (χ1) is 9.13. The molecular weight excluding hydrogens is 264 g/mol. The molecule has 0 radical (unpaired) electrons. The molecule has 108 valence electrons. The van der Waals surface area contributed by atoms with Gasteiger partial charge in [-0.1, -0.05) is 19.8 Å². The van der Waals surface area contributed by atoms with E-state index in [1.54, 1.807) is 6.20 Å². The van der Waals surface area contributed by atoms with Crippen molar-refractivity contribution in [2.24, 2.45) is 0 Å². The lowest BCUT2D eigenvalue weighted by Gasteiger charge is -2.12. The van der Waals surface area contributed by atoms with Gasteiger partial charge in [-0.3, -0.25) is 5.10 Å². The van der Waals surface area contributed by atoms with E-state index < -0.39 is 10.0 Å². The maximum absolute atomic E-state index is 12.3. The number of H-pyrrole nitrogens is 1. The summed E-state index contributed by atoms with van der Waals surface area (Å²) in [5, 5.41) is 9.85. The van der Waals surface area contributed by atoms with Crippen LogP contribution in [-0.4, -0.2) is 31.2 Å². The summed E-state index contributed by atoms with van der Waals surface area (Å²) in [5.41, 5.74) is 0.693. The monoisotopic (exact) mass is 286 g/mol. The molecule has 6 nitrogen and oxygen atoms in total. The topological polar surface area (TPSA) is 86.9 Å². The average Bonchev–Trinajstić information content (AvgIpc) is 3.00. The lowest BCUT2D eigenvalue weighted by Crippen LogP contribution is -2.33. The molecule has 0 aliphatic heterocycles. The highest BCUT2D eigenvalue weighted by molar-refractivity contribution is 7.89. The number of aromatic nitrogens is 2. The van der Waals surface area contributed by atoms with Gasteiger partial charge in [-0.2, -0.15) is 5.10 Å². The van der Waals surface area contributed by atoms with Gasteiger partial charge in [0.15, 0.2) is 5.03 Å². The number of hydrogen-bond acceptors (Lipinski definition) is 4. The zero-order chi connectivity index (χ0) is 13.7. The summed E-state index contributed by atoms with van der Waals surface area (Å²) in [6.45, 7) is 3.45. The first kappa shape index (κ1) is 14.5. The zero-order valence-corrected chi connectivity index (χ0v) is 12.1. The van der Waals surface area contributed by atoms with Crippen LogP contribution in [0, 0.1) is 0 Å². The molecule has 0 unspecified atom stereocenters. The molecule has 19 heavy (non-hydrogen) atoms. The van der Waals surface area contributed by atoms with E-state index in [4.69, 9.17) is 0 Å². The summed E-state index contributed by atoms with van der Waals surface area (Å²) in [7, 11) is -3.48. The second-order valence-corrected chi connectivity index (χ2v) is 6.65. The number of rotatable bonds is 7. The van der Waals surface area contributed by atoms with Crippen LogP contribution in [0.5, 0.6) is 0 Å². The van der Waals surface area contributed by atoms with Crippen LogP contribution in [0.3, 0.4) is 0 Å². The molecule has 0 saturated heterocycles. The Labute approximate surface area is 114 Å². The van der Waals surface area contributed by atoms with E-state index in [1.807, 2.05) is 0 Å². The lowest BCUT2D eigenvalue weighted by molar-refractivity contribution is 0.546. The summed E-state index contributed by atoms with van der Waals surface area (Å²) in [6, 6.07) is 0.0738. The van der Waals surface area contributed by atoms with E-state index >= 15 is 0 Å². The van der Waals surface area contributed by atoms with Gasteiger partial charge >= 0.3 is 0 Å². The molecule has 0 amide bonds. The van der Waals surface area contributed by atoms with Crippen molar-refractivity contribution in [2.75, 3.05) is 6.54 Å². The van der Waals surface area contributed by atoms with Crippen LogP contribution in [0.4, 0.5) is 0 Å². The number of sulfonamides is 1. The van der Waals surface area contributed by atoms with Crippen molar-refractivity contribution in [1.29, 1.82) is 0 Å². The quantitative estimate of drug-likeness (QED) is 0.656. The maximum Gasteiger partial charge on any atom is 0.258 e. The first-order valence-corrected chi connectivity index (χ1v) is 8.37. The maximum atomic E-state index is 12.3. The molecule has 3 N–H and O–H groups in total. The van der Waals surface area contributed by atoms with Crippen LogP contribution in [0.1, 0.15) is 44.6 Å². The second kappa shape index (κ2) is 6.49. The van der Waals surface area contributed by atoms with E-state index in [0.29, 0.717) is 12.1 Å². The first-order valence-electron chi connectivity index (χ1n) is 6.89. The van der Waals surface area contributed by atoms with Crippen molar-refractivity contribution in [3.8, 4) is 0 Å². The zero-order valence-electron chi connectivity index (χ0n) is 11.3. The minimum absolute atomic E-state index is 0.0738. The van der Waals surface area contributed by atoms with Crippen LogP contribution in [0.15, 0.2) is 11.2 Å². The van der Waals surface area contributed by atoms with E-state index in [0.717, 1.165) is 38.6 Å². The Morgan fingerprint density at radius 1 is 1.42 bits per heavy atom. The van der Waals surface area contributed by atoms with Crippen LogP contribution >= 0.6 is 0 Å². The fourth-order valence-corrected chi connectivity index (χ4v) is 3.81. The minimum atomic E-state index is -3.48. The van der Waals surface area contributed by atoms with Crippen molar-refractivity contribution in [3.05, 3.63) is 11.8 Å². The molecule has 1 aliphatic carbocycles. The molecule has 0 spiro atoms. The van der Waals surface area contributed by atoms with Crippen LogP contribution < -0.4 is 10.0 Å². The summed E-state index contributed by atoms with van der Waals surface area (Å²) in [5.74, 6) is 0. The van der Waals surface area contributed by atoms with Crippen molar-refractivity contribution < 1.29 is 8.42 Å². The van der Waals surface area contributed by atoms with Crippen LogP contribution in [0.25, 0.3) is 0 Å². The molecule has 1 heterocycles. The standard InChI is InChI=1S/C12H22N4O2S/c1-2-7-13-8-10-9-14-15-12(10)19(17,18)16-11-5-3-4-6-11/h9,11,13,16H,2-8H2,1H3,(H,14,15). The number of nitrogens with zero attached hydrogens (tertiary/aromatic N) is 1. The molecule has 7 heteroatoms. The van der Waals surface area contributed by atoms with Gasteiger partial charge in [0.2, 0.25) is 0 Å². The highest BCUT2D eigenvalue weighted by Gasteiger charge is 2.26. The molecule has 0 aromatic carbocycles. The molecule has 1 fully saturated rings. The summed E-state index contributed by atoms with van der Waals surface area (Å²) >= 11 is 0. The van der Waals surface area contributed by atoms with Crippen molar-refractivity contribution in [3.63, 3.8) is 0 Å². The summed E-state index contributed by atoms with van der Waals surface area (Å²) in [6.07, 6.45) is 6.64. The lowest BCUT2D eigenvalue weighted by atomic mass is 10.3. The fraction of sp³-hybridized carbons (Fsp3) is 0.750. The normalized spacial score (nSPS) is 17.1. The third-order valence-electron chi connectivity index (χ3n) is 3.37. The molecule has 1 aliphatic rings. The Morgan fingerprint density at radius 2 is 2.16 bits per heavy atom. The van der Waals surface area contributed by atoms with Crippen LogP contribution in [-0.2, 0) is 16.6 Å². The van der Waals surface area contributed by atoms with E-state index in [9.17, 15) is 8.42 Å². The molecule has 0 atom stereocenters. The van der Waals surface area contributed by atoms with Crippen LogP contribution in [0.2, 0.25) is 0 Å². The highest BCUT2D eigenvalue weighted by Crippen LogP contribution is 2.20. The Balaban J connectivity index is 2.04. The molecule has 1 saturated carbocycles. The fourth-order valence-electron chi connectivity index (χ4n) is 2.38. The van der Waals surface area contributed by atoms with Gasteiger partial charge in [0, 0.05) is 18.2 Å². The van der Waals surface area contributed by atoms with Gasteiger partial charge in [-0.25, -0.2) is 13.1 Å². The predicted octanol–water partition coefficient (Wildman–Crippen LogP) is 1.13. The average molecular weight is 286 g/mol. The predicted molar refractivity (Wildman–Crippen MR) is 73.2 cm³/mol. The Hall–Kier alpha value is -0.920. The molecule has 2 rings (SSSR count). The number of nitrogens with one attached hydrogen (secondary N) is 3. The SMILES string of the molecule is CCCNCc1cn[nH]c1S(=O)(=O)NC1CCCC1. The third kappa shape index (κ3) is 3.77. The van der Waals surface area contributed by atoms with Crippen molar-refractivity contribution in [1.82, 2.24) is 20.2 Å². The third-order valence-corrected chi connectivity index (χ3v) is 4.90.